The van der Waals surface area contributed by atoms with E-state index in [-0.39, 0.29) is 5.91 Å². The first-order valence-electron chi connectivity index (χ1n) is 14.5. The third kappa shape index (κ3) is 6.95. The molecule has 0 saturated carbocycles. The number of halogens is 3. The van der Waals surface area contributed by atoms with Gasteiger partial charge in [-0.2, -0.15) is 13.2 Å². The average molecular weight is 580 g/mol. The van der Waals surface area contributed by atoms with Gasteiger partial charge in [0, 0.05) is 43.7 Å². The molecule has 222 valence electrons. The topological polar surface area (TPSA) is 61.9 Å². The number of benzene rings is 3. The summed E-state index contributed by atoms with van der Waals surface area (Å²) in [5.74, 6) is 0.181. The lowest BCUT2D eigenvalue weighted by Gasteiger charge is -2.35. The molecule has 0 spiro atoms. The van der Waals surface area contributed by atoms with Crippen molar-refractivity contribution in [2.75, 3.05) is 39.3 Å². The standard InChI is InChI=1S/C33H36F3N3O3/c34-33(35,36)24-37-31(41)42-32(28-14-6-4-12-26(28)27-13-5-7-15-29(27)32)18-8-9-19-38-20-22-39(23-21-38)30(40)17-16-25-10-2-1-3-11-25/h1-7,10-15H,8-9,16-24H2,(H,37,41). The van der Waals surface area contributed by atoms with Crippen LogP contribution >= 0.6 is 0 Å². The summed E-state index contributed by atoms with van der Waals surface area (Å²) in [4.78, 5) is 29.7. The van der Waals surface area contributed by atoms with Crippen LogP contribution in [0.2, 0.25) is 0 Å². The van der Waals surface area contributed by atoms with Crippen molar-refractivity contribution in [2.45, 2.75) is 43.9 Å². The summed E-state index contributed by atoms with van der Waals surface area (Å²) in [7, 11) is 0. The van der Waals surface area contributed by atoms with Gasteiger partial charge in [0.15, 0.2) is 5.60 Å². The van der Waals surface area contributed by atoms with Gasteiger partial charge in [0.2, 0.25) is 5.91 Å². The predicted octanol–water partition coefficient (Wildman–Crippen LogP) is 6.15. The molecule has 5 rings (SSSR count). The number of piperazine rings is 1. The fraction of sp³-hybridized carbons (Fsp3) is 0.394. The lowest BCUT2D eigenvalue weighted by atomic mass is 9.86. The number of alkyl halides is 3. The number of hydrogen-bond donors (Lipinski definition) is 1. The van der Waals surface area contributed by atoms with E-state index >= 15 is 0 Å². The Morgan fingerprint density at radius 1 is 0.810 bits per heavy atom. The number of rotatable bonds is 10. The highest BCUT2D eigenvalue weighted by Gasteiger charge is 2.46. The number of ether oxygens (including phenoxy) is 1. The van der Waals surface area contributed by atoms with E-state index in [4.69, 9.17) is 4.74 Å². The Bertz CT molecular complexity index is 1330. The summed E-state index contributed by atoms with van der Waals surface area (Å²) in [6.45, 7) is 2.35. The molecule has 3 aromatic carbocycles. The second-order valence-electron chi connectivity index (χ2n) is 10.9. The molecule has 1 N–H and O–H groups in total. The number of nitrogens with zero attached hydrogens (tertiary/aromatic N) is 2. The zero-order valence-corrected chi connectivity index (χ0v) is 23.5. The number of carbonyl (C=O) groups is 2. The molecule has 9 heteroatoms. The third-order valence-corrected chi connectivity index (χ3v) is 8.16. The molecule has 0 unspecified atom stereocenters. The number of unbranched alkanes of at least 4 members (excludes halogenated alkanes) is 1. The zero-order valence-electron chi connectivity index (χ0n) is 23.5. The fourth-order valence-electron chi connectivity index (χ4n) is 6.07. The maximum absolute atomic E-state index is 12.8. The van der Waals surface area contributed by atoms with Crippen molar-refractivity contribution in [3.05, 3.63) is 95.6 Å². The number of carbonyl (C=O) groups excluding carboxylic acids is 2. The Balaban J connectivity index is 1.18. The lowest BCUT2D eigenvalue weighted by Crippen LogP contribution is -2.48. The Morgan fingerprint density at radius 2 is 1.40 bits per heavy atom. The molecule has 0 radical (unpaired) electrons. The molecule has 6 nitrogen and oxygen atoms in total. The normalized spacial score (nSPS) is 16.0. The van der Waals surface area contributed by atoms with Crippen LogP contribution in [0.1, 0.15) is 42.4 Å². The van der Waals surface area contributed by atoms with Crippen LogP contribution in [0.25, 0.3) is 11.1 Å². The summed E-state index contributed by atoms with van der Waals surface area (Å²) in [5, 5.41) is 1.88. The Morgan fingerprint density at radius 3 is 2.02 bits per heavy atom. The van der Waals surface area contributed by atoms with E-state index in [0.717, 1.165) is 60.3 Å². The molecule has 42 heavy (non-hydrogen) atoms. The summed E-state index contributed by atoms with van der Waals surface area (Å²) >= 11 is 0. The van der Waals surface area contributed by atoms with Crippen LogP contribution in [0.4, 0.5) is 18.0 Å². The van der Waals surface area contributed by atoms with Crippen LogP contribution in [0.5, 0.6) is 0 Å². The second-order valence-corrected chi connectivity index (χ2v) is 10.9. The van der Waals surface area contributed by atoms with Gasteiger partial charge in [0.25, 0.3) is 0 Å². The first-order chi connectivity index (χ1) is 20.2. The summed E-state index contributed by atoms with van der Waals surface area (Å²) in [6.07, 6.45) is -2.41. The van der Waals surface area contributed by atoms with E-state index in [9.17, 15) is 22.8 Å². The SMILES string of the molecule is O=C(NCC(F)(F)F)OC1(CCCCN2CCN(C(=O)CCc3ccccc3)CC2)c2ccccc2-c2ccccc21. The van der Waals surface area contributed by atoms with E-state index < -0.39 is 24.4 Å². The van der Waals surface area contributed by atoms with Crippen molar-refractivity contribution in [3.8, 4) is 11.1 Å². The number of hydrogen-bond acceptors (Lipinski definition) is 4. The van der Waals surface area contributed by atoms with Gasteiger partial charge in [-0.15, -0.1) is 0 Å². The molecule has 0 aromatic heterocycles. The van der Waals surface area contributed by atoms with Crippen LogP contribution in [0.15, 0.2) is 78.9 Å². The molecule has 2 aliphatic rings. The second kappa shape index (κ2) is 13.0. The predicted molar refractivity (Wildman–Crippen MR) is 155 cm³/mol. The van der Waals surface area contributed by atoms with Gasteiger partial charge in [0.1, 0.15) is 6.54 Å². The minimum atomic E-state index is -4.53. The van der Waals surface area contributed by atoms with Crippen LogP contribution in [0, 0.1) is 0 Å². The highest BCUT2D eigenvalue weighted by atomic mass is 19.4. The van der Waals surface area contributed by atoms with Gasteiger partial charge < -0.3 is 15.0 Å². The number of amides is 2. The van der Waals surface area contributed by atoms with Gasteiger partial charge in [0.05, 0.1) is 0 Å². The van der Waals surface area contributed by atoms with Gasteiger partial charge in [-0.05, 0) is 48.9 Å². The maximum Gasteiger partial charge on any atom is 0.408 e. The number of fused-ring (bicyclic) bond motifs is 3. The number of nitrogens with one attached hydrogen (secondary N) is 1. The first-order valence-corrected chi connectivity index (χ1v) is 14.5. The van der Waals surface area contributed by atoms with Crippen LogP contribution in [0.3, 0.4) is 0 Å². The summed E-state index contributed by atoms with van der Waals surface area (Å²) in [6, 6.07) is 25.2. The van der Waals surface area contributed by atoms with Gasteiger partial charge in [-0.3, -0.25) is 9.69 Å². The number of aryl methyl sites for hydroxylation is 1. The highest BCUT2D eigenvalue weighted by Crippen LogP contribution is 2.52. The van der Waals surface area contributed by atoms with Gasteiger partial charge in [-0.25, -0.2) is 4.79 Å². The van der Waals surface area contributed by atoms with Gasteiger partial charge in [-0.1, -0.05) is 78.9 Å². The molecular formula is C33H36F3N3O3. The summed E-state index contributed by atoms with van der Waals surface area (Å²) in [5.41, 5.74) is 3.41. The minimum absolute atomic E-state index is 0.181. The fourth-order valence-corrected chi connectivity index (χ4v) is 6.07. The van der Waals surface area contributed by atoms with E-state index in [1.807, 2.05) is 89.1 Å². The molecule has 1 aliphatic carbocycles. The van der Waals surface area contributed by atoms with Crippen molar-refractivity contribution >= 4 is 12.0 Å². The van der Waals surface area contributed by atoms with Crippen molar-refractivity contribution in [1.82, 2.24) is 15.1 Å². The average Bonchev–Trinajstić information content (AvgIpc) is 3.27. The van der Waals surface area contributed by atoms with Gasteiger partial charge >= 0.3 is 12.3 Å². The van der Waals surface area contributed by atoms with Crippen molar-refractivity contribution in [3.63, 3.8) is 0 Å². The highest BCUT2D eigenvalue weighted by molar-refractivity contribution is 5.82. The van der Waals surface area contributed by atoms with E-state index in [0.29, 0.717) is 32.4 Å². The molecule has 0 bridgehead atoms. The molecule has 1 fully saturated rings. The molecule has 3 aromatic rings. The van der Waals surface area contributed by atoms with Crippen LogP contribution < -0.4 is 5.32 Å². The monoisotopic (exact) mass is 579 g/mol. The third-order valence-electron chi connectivity index (χ3n) is 8.16. The molecule has 0 atom stereocenters. The van der Waals surface area contributed by atoms with Crippen molar-refractivity contribution in [1.29, 1.82) is 0 Å². The van der Waals surface area contributed by atoms with Crippen LogP contribution in [-0.2, 0) is 21.6 Å². The summed E-state index contributed by atoms with van der Waals surface area (Å²) < 4.78 is 44.4. The Labute approximate surface area is 244 Å². The van der Waals surface area contributed by atoms with E-state index in [1.54, 1.807) is 0 Å². The van der Waals surface area contributed by atoms with Crippen molar-refractivity contribution < 1.29 is 27.5 Å². The maximum atomic E-state index is 12.8. The molecular weight excluding hydrogens is 543 g/mol. The Kier molecular flexibility index (Phi) is 9.16. The van der Waals surface area contributed by atoms with E-state index in [2.05, 4.69) is 4.90 Å². The van der Waals surface area contributed by atoms with Crippen molar-refractivity contribution in [2.24, 2.45) is 0 Å². The lowest BCUT2D eigenvalue weighted by molar-refractivity contribution is -0.133. The molecule has 1 heterocycles. The zero-order chi connectivity index (χ0) is 29.6. The Hall–Kier alpha value is -3.85. The number of alkyl carbamates (subject to hydrolysis) is 1. The van der Waals surface area contributed by atoms with E-state index in [1.165, 1.54) is 0 Å². The first kappa shape index (κ1) is 29.6. The quantitative estimate of drug-likeness (QED) is 0.293. The molecule has 2 amide bonds. The van der Waals surface area contributed by atoms with Crippen LogP contribution in [-0.4, -0.2) is 67.2 Å². The smallest absolute Gasteiger partial charge is 0.408 e. The minimum Gasteiger partial charge on any atom is -0.433 e. The molecule has 1 aliphatic heterocycles. The molecule has 1 saturated heterocycles. The largest absolute Gasteiger partial charge is 0.433 e.